The van der Waals surface area contributed by atoms with Crippen LogP contribution in [0.3, 0.4) is 0 Å². The molecule has 1 aromatic heterocycles. The predicted octanol–water partition coefficient (Wildman–Crippen LogP) is 4.24. The number of nitrogens with one attached hydrogen (secondary N) is 1. The van der Waals surface area contributed by atoms with Crippen LogP contribution in [0.4, 0.5) is 0 Å². The Hall–Kier alpha value is -1.12. The molecule has 0 fully saturated rings. The minimum absolute atomic E-state index is 0.319. The molecule has 18 heavy (non-hydrogen) atoms. The van der Waals surface area contributed by atoms with Gasteiger partial charge >= 0.3 is 0 Å². The van der Waals surface area contributed by atoms with Gasteiger partial charge in [0.1, 0.15) is 0 Å². The topological polar surface area (TPSA) is 12.0 Å². The van der Waals surface area contributed by atoms with Crippen molar-refractivity contribution in [2.24, 2.45) is 0 Å². The predicted molar refractivity (Wildman–Crippen MR) is 80.5 cm³/mol. The number of benzene rings is 1. The van der Waals surface area contributed by atoms with Crippen molar-refractivity contribution in [2.75, 3.05) is 7.05 Å². The lowest BCUT2D eigenvalue weighted by Crippen LogP contribution is -2.18. The van der Waals surface area contributed by atoms with Crippen molar-refractivity contribution in [3.63, 3.8) is 0 Å². The highest BCUT2D eigenvalue weighted by atomic mass is 32.1. The molecule has 1 nitrogen and oxygen atoms in total. The molecule has 0 amide bonds. The number of hydrogen-bond acceptors (Lipinski definition) is 2. The van der Waals surface area contributed by atoms with Gasteiger partial charge in [-0.2, -0.15) is 0 Å². The summed E-state index contributed by atoms with van der Waals surface area (Å²) in [6.45, 7) is 6.57. The quantitative estimate of drug-likeness (QED) is 0.866. The lowest BCUT2D eigenvalue weighted by atomic mass is 9.96. The highest BCUT2D eigenvalue weighted by molar-refractivity contribution is 7.10. The fraction of sp³-hybridized carbons (Fsp3) is 0.375. The van der Waals surface area contributed by atoms with Gasteiger partial charge in [-0.3, -0.25) is 0 Å². The molecule has 1 heterocycles. The van der Waals surface area contributed by atoms with E-state index in [4.69, 9.17) is 0 Å². The molecule has 0 bridgehead atoms. The largest absolute Gasteiger partial charge is 0.309 e. The molecule has 1 N–H and O–H groups in total. The molecule has 1 unspecified atom stereocenters. The molecule has 0 aliphatic heterocycles. The first-order chi connectivity index (χ1) is 8.67. The number of aryl methyl sites for hydroxylation is 3. The zero-order valence-electron chi connectivity index (χ0n) is 11.6. The van der Waals surface area contributed by atoms with Crippen LogP contribution in [0.2, 0.25) is 0 Å². The van der Waals surface area contributed by atoms with Crippen LogP contribution in [0, 0.1) is 13.8 Å². The first-order valence-corrected chi connectivity index (χ1v) is 7.36. The Morgan fingerprint density at radius 1 is 1.22 bits per heavy atom. The number of rotatable bonds is 4. The van der Waals surface area contributed by atoms with Crippen molar-refractivity contribution >= 4 is 11.3 Å². The molecule has 96 valence electrons. The summed E-state index contributed by atoms with van der Waals surface area (Å²) < 4.78 is 0. The number of hydrogen-bond donors (Lipinski definition) is 1. The van der Waals surface area contributed by atoms with Crippen molar-refractivity contribution < 1.29 is 0 Å². The van der Waals surface area contributed by atoms with Gasteiger partial charge in [-0.25, -0.2) is 0 Å². The highest BCUT2D eigenvalue weighted by Gasteiger charge is 2.18. The summed E-state index contributed by atoms with van der Waals surface area (Å²) in [5, 5.41) is 5.67. The minimum atomic E-state index is 0.319. The molecular formula is C16H21NS. The molecule has 0 aliphatic rings. The average Bonchev–Trinajstić information content (AvgIpc) is 2.83. The van der Waals surface area contributed by atoms with Crippen molar-refractivity contribution in [2.45, 2.75) is 33.2 Å². The lowest BCUT2D eigenvalue weighted by Gasteiger charge is -2.20. The third-order valence-corrected chi connectivity index (χ3v) is 4.48. The Labute approximate surface area is 114 Å². The van der Waals surface area contributed by atoms with Crippen LogP contribution in [-0.4, -0.2) is 7.05 Å². The zero-order chi connectivity index (χ0) is 13.1. The third kappa shape index (κ3) is 2.50. The van der Waals surface area contributed by atoms with Gasteiger partial charge in [0, 0.05) is 4.88 Å². The molecule has 2 aromatic rings. The van der Waals surface area contributed by atoms with E-state index in [9.17, 15) is 0 Å². The average molecular weight is 259 g/mol. The van der Waals surface area contributed by atoms with E-state index in [0.29, 0.717) is 6.04 Å². The molecule has 0 saturated heterocycles. The fourth-order valence-corrected chi connectivity index (χ4v) is 3.52. The van der Waals surface area contributed by atoms with Crippen LogP contribution < -0.4 is 5.32 Å². The minimum Gasteiger partial charge on any atom is -0.309 e. The molecule has 2 heteroatoms. The Morgan fingerprint density at radius 2 is 2.00 bits per heavy atom. The van der Waals surface area contributed by atoms with Crippen LogP contribution in [0.15, 0.2) is 29.6 Å². The van der Waals surface area contributed by atoms with Crippen LogP contribution in [-0.2, 0) is 6.42 Å². The lowest BCUT2D eigenvalue weighted by molar-refractivity contribution is 0.692. The van der Waals surface area contributed by atoms with E-state index in [1.54, 1.807) is 0 Å². The maximum absolute atomic E-state index is 3.47. The standard InChI is InChI=1S/C16H21NS/c1-5-13-8-9-18-16(13)15(17-4)14-10-11(2)6-7-12(14)3/h6-10,15,17H,5H2,1-4H3. The molecule has 1 atom stereocenters. The summed E-state index contributed by atoms with van der Waals surface area (Å²) in [5.74, 6) is 0. The van der Waals surface area contributed by atoms with Gasteiger partial charge in [-0.15, -0.1) is 11.3 Å². The maximum atomic E-state index is 3.47. The summed E-state index contributed by atoms with van der Waals surface area (Å²) in [6.07, 6.45) is 1.10. The van der Waals surface area contributed by atoms with Gasteiger partial charge in [0.2, 0.25) is 0 Å². The van der Waals surface area contributed by atoms with E-state index < -0.39 is 0 Å². The first kappa shape index (κ1) is 13.3. The Balaban J connectivity index is 2.48. The Kier molecular flexibility index (Phi) is 4.20. The monoisotopic (exact) mass is 259 g/mol. The molecule has 0 spiro atoms. The molecule has 1 aromatic carbocycles. The summed E-state index contributed by atoms with van der Waals surface area (Å²) in [5.41, 5.74) is 5.54. The number of thiophene rings is 1. The summed E-state index contributed by atoms with van der Waals surface area (Å²) in [7, 11) is 2.05. The smallest absolute Gasteiger partial charge is 0.0674 e. The molecule has 0 radical (unpaired) electrons. The van der Waals surface area contributed by atoms with Gasteiger partial charge < -0.3 is 5.32 Å². The van der Waals surface area contributed by atoms with Crippen LogP contribution in [0.1, 0.15) is 40.1 Å². The van der Waals surface area contributed by atoms with Crippen molar-refractivity contribution in [3.05, 3.63) is 56.8 Å². The second-order valence-corrected chi connectivity index (χ2v) is 5.69. The maximum Gasteiger partial charge on any atom is 0.0674 e. The fourth-order valence-electron chi connectivity index (χ4n) is 2.39. The second-order valence-electron chi connectivity index (χ2n) is 4.75. The van der Waals surface area contributed by atoms with E-state index in [1.807, 2.05) is 18.4 Å². The Morgan fingerprint density at radius 3 is 2.67 bits per heavy atom. The second kappa shape index (κ2) is 5.68. The summed E-state index contributed by atoms with van der Waals surface area (Å²) >= 11 is 1.85. The zero-order valence-corrected chi connectivity index (χ0v) is 12.4. The van der Waals surface area contributed by atoms with Gasteiger partial charge in [0.05, 0.1) is 6.04 Å². The van der Waals surface area contributed by atoms with Crippen molar-refractivity contribution in [3.8, 4) is 0 Å². The van der Waals surface area contributed by atoms with Crippen molar-refractivity contribution in [1.29, 1.82) is 0 Å². The Bertz CT molecular complexity index is 528. The van der Waals surface area contributed by atoms with Gasteiger partial charge in [0.15, 0.2) is 0 Å². The van der Waals surface area contributed by atoms with E-state index in [1.165, 1.54) is 27.1 Å². The molecule has 0 aliphatic carbocycles. The highest BCUT2D eigenvalue weighted by Crippen LogP contribution is 2.32. The van der Waals surface area contributed by atoms with Gasteiger partial charge in [0.25, 0.3) is 0 Å². The van der Waals surface area contributed by atoms with E-state index in [2.05, 4.69) is 55.7 Å². The normalized spacial score (nSPS) is 12.7. The summed E-state index contributed by atoms with van der Waals surface area (Å²) in [4.78, 5) is 1.45. The van der Waals surface area contributed by atoms with Crippen LogP contribution in [0.5, 0.6) is 0 Å². The van der Waals surface area contributed by atoms with Gasteiger partial charge in [-0.1, -0.05) is 30.7 Å². The van der Waals surface area contributed by atoms with Crippen LogP contribution in [0.25, 0.3) is 0 Å². The van der Waals surface area contributed by atoms with E-state index >= 15 is 0 Å². The van der Waals surface area contributed by atoms with Crippen molar-refractivity contribution in [1.82, 2.24) is 5.32 Å². The molecule has 0 saturated carbocycles. The van der Waals surface area contributed by atoms with E-state index in [-0.39, 0.29) is 0 Å². The van der Waals surface area contributed by atoms with Gasteiger partial charge in [-0.05, 0) is 55.5 Å². The third-order valence-electron chi connectivity index (χ3n) is 3.46. The summed E-state index contributed by atoms with van der Waals surface area (Å²) in [6, 6.07) is 9.26. The first-order valence-electron chi connectivity index (χ1n) is 6.48. The SMILES string of the molecule is CCc1ccsc1C(NC)c1cc(C)ccc1C. The van der Waals surface area contributed by atoms with E-state index in [0.717, 1.165) is 6.42 Å². The molecule has 2 rings (SSSR count). The molecular weight excluding hydrogens is 238 g/mol. The van der Waals surface area contributed by atoms with Crippen LogP contribution >= 0.6 is 11.3 Å².